The van der Waals surface area contributed by atoms with E-state index in [0.29, 0.717) is 0 Å². The normalized spacial score (nSPS) is 15.7. The Labute approximate surface area is 307 Å². The molecule has 12 rings (SSSR count). The molecule has 1 aliphatic heterocycles. The van der Waals surface area contributed by atoms with Crippen LogP contribution in [0.3, 0.4) is 0 Å². The van der Waals surface area contributed by atoms with E-state index in [1.807, 2.05) is 11.8 Å². The van der Waals surface area contributed by atoms with Crippen molar-refractivity contribution in [2.24, 2.45) is 0 Å². The summed E-state index contributed by atoms with van der Waals surface area (Å²) in [5.41, 5.74) is 18.1. The third-order valence-electron chi connectivity index (χ3n) is 11.9. The second-order valence-corrected chi connectivity index (χ2v) is 15.4. The highest BCUT2D eigenvalue weighted by atomic mass is 32.2. The van der Waals surface area contributed by atoms with Gasteiger partial charge < -0.3 is 0 Å². The number of hydrogen-bond donors (Lipinski definition) is 0. The van der Waals surface area contributed by atoms with Crippen molar-refractivity contribution in [3.05, 3.63) is 204 Å². The van der Waals surface area contributed by atoms with Crippen LogP contribution in [-0.2, 0) is 5.41 Å². The molecule has 0 nitrogen and oxygen atoms in total. The first-order valence-electron chi connectivity index (χ1n) is 18.1. The topological polar surface area (TPSA) is 0 Å². The molecule has 0 fully saturated rings. The van der Waals surface area contributed by atoms with Crippen LogP contribution in [-0.4, -0.2) is 0 Å². The highest BCUT2D eigenvalue weighted by molar-refractivity contribution is 7.99. The lowest BCUT2D eigenvalue weighted by atomic mass is 9.69. The van der Waals surface area contributed by atoms with Crippen molar-refractivity contribution < 1.29 is 0 Å². The summed E-state index contributed by atoms with van der Waals surface area (Å²) in [5.74, 6) is 0. The Morgan fingerprint density at radius 2 is 0.904 bits per heavy atom. The van der Waals surface area contributed by atoms with Gasteiger partial charge in [0, 0.05) is 15.2 Å². The number of hydrogen-bond acceptors (Lipinski definition) is 1. The molecule has 9 aromatic carbocycles. The molecule has 1 unspecified atom stereocenters. The summed E-state index contributed by atoms with van der Waals surface area (Å²) in [6.07, 6.45) is 0. The zero-order valence-electron chi connectivity index (χ0n) is 28.2. The summed E-state index contributed by atoms with van der Waals surface area (Å²) in [6, 6.07) is 68.5. The van der Waals surface area contributed by atoms with Crippen molar-refractivity contribution in [3.8, 4) is 55.6 Å². The van der Waals surface area contributed by atoms with Gasteiger partial charge in [-0.1, -0.05) is 169 Å². The van der Waals surface area contributed by atoms with Crippen LogP contribution in [0, 0.1) is 0 Å². The molecule has 1 heteroatoms. The molecule has 240 valence electrons. The van der Waals surface area contributed by atoms with Crippen molar-refractivity contribution in [1.82, 2.24) is 0 Å². The minimum atomic E-state index is -0.418. The summed E-state index contributed by atoms with van der Waals surface area (Å²) in [6.45, 7) is 0. The lowest BCUT2D eigenvalue weighted by molar-refractivity contribution is 0.801. The van der Waals surface area contributed by atoms with Crippen LogP contribution in [0.2, 0.25) is 0 Å². The quantitative estimate of drug-likeness (QED) is 0.176. The standard InChI is InChI=1S/C51H30S/c1-2-16-37-31(11-1)23-27-42-39-18-6-8-21-45(39)51(50(37)42)44-20-7-5-17-38(44)40-26-24-34(30-46(40)51)36-15-4-3-14-35(36)33-25-28-47-43(29-33)41-19-9-12-32-13-10-22-48(52-47)49(32)41/h1-30H. The fourth-order valence-corrected chi connectivity index (χ4v) is 10.9. The monoisotopic (exact) mass is 674 g/mol. The number of benzene rings is 9. The van der Waals surface area contributed by atoms with Gasteiger partial charge in [0.15, 0.2) is 0 Å². The molecule has 3 aliphatic rings. The molecule has 52 heavy (non-hydrogen) atoms. The molecule has 1 spiro atoms. The van der Waals surface area contributed by atoms with Gasteiger partial charge in [-0.2, -0.15) is 0 Å². The average molecular weight is 675 g/mol. The van der Waals surface area contributed by atoms with Gasteiger partial charge in [0.25, 0.3) is 0 Å². The summed E-state index contributed by atoms with van der Waals surface area (Å²) in [4.78, 5) is 2.65. The molecule has 0 N–H and O–H groups in total. The second kappa shape index (κ2) is 10.4. The van der Waals surface area contributed by atoms with Gasteiger partial charge in [0.1, 0.15) is 0 Å². The minimum Gasteiger partial charge on any atom is -0.0888 e. The van der Waals surface area contributed by atoms with E-state index in [1.165, 1.54) is 109 Å². The van der Waals surface area contributed by atoms with Crippen LogP contribution < -0.4 is 0 Å². The van der Waals surface area contributed by atoms with Crippen molar-refractivity contribution in [1.29, 1.82) is 0 Å². The molecule has 0 bridgehead atoms. The molecule has 1 atom stereocenters. The maximum atomic E-state index is 2.52. The van der Waals surface area contributed by atoms with Gasteiger partial charge in [0.05, 0.1) is 5.41 Å². The lowest BCUT2D eigenvalue weighted by Crippen LogP contribution is -2.26. The summed E-state index contributed by atoms with van der Waals surface area (Å²) < 4.78 is 0. The first-order valence-corrected chi connectivity index (χ1v) is 18.9. The maximum Gasteiger partial charge on any atom is 0.0731 e. The van der Waals surface area contributed by atoms with Gasteiger partial charge in [-0.05, 0) is 118 Å². The Morgan fingerprint density at radius 3 is 1.71 bits per heavy atom. The fourth-order valence-electron chi connectivity index (χ4n) is 9.80. The molecule has 0 saturated heterocycles. The van der Waals surface area contributed by atoms with Crippen molar-refractivity contribution in [2.45, 2.75) is 15.2 Å². The smallest absolute Gasteiger partial charge is 0.0731 e. The van der Waals surface area contributed by atoms with Crippen LogP contribution in [0.25, 0.3) is 77.2 Å². The van der Waals surface area contributed by atoms with Crippen molar-refractivity contribution in [3.63, 3.8) is 0 Å². The van der Waals surface area contributed by atoms with Crippen LogP contribution in [0.15, 0.2) is 192 Å². The van der Waals surface area contributed by atoms with Gasteiger partial charge in [-0.25, -0.2) is 0 Å². The third kappa shape index (κ3) is 3.63. The van der Waals surface area contributed by atoms with E-state index >= 15 is 0 Å². The Hall–Kier alpha value is -6.15. The van der Waals surface area contributed by atoms with Gasteiger partial charge in [-0.3, -0.25) is 0 Å². The molecular weight excluding hydrogens is 645 g/mol. The summed E-state index contributed by atoms with van der Waals surface area (Å²) in [5, 5.41) is 5.27. The predicted molar refractivity (Wildman–Crippen MR) is 218 cm³/mol. The highest BCUT2D eigenvalue weighted by Crippen LogP contribution is 2.64. The van der Waals surface area contributed by atoms with E-state index < -0.39 is 5.41 Å². The average Bonchev–Trinajstić information content (AvgIpc) is 3.68. The number of rotatable bonds is 2. The van der Waals surface area contributed by atoms with Crippen molar-refractivity contribution >= 4 is 33.3 Å². The Bertz CT molecular complexity index is 2980. The van der Waals surface area contributed by atoms with E-state index in [2.05, 4.69) is 182 Å². The molecule has 0 radical (unpaired) electrons. The lowest BCUT2D eigenvalue weighted by Gasteiger charge is -2.31. The molecular formula is C51H30S. The van der Waals surface area contributed by atoms with E-state index in [-0.39, 0.29) is 0 Å². The molecule has 0 amide bonds. The van der Waals surface area contributed by atoms with E-state index in [1.54, 1.807) is 0 Å². The van der Waals surface area contributed by atoms with Gasteiger partial charge in [-0.15, -0.1) is 0 Å². The summed E-state index contributed by atoms with van der Waals surface area (Å²) >= 11 is 1.89. The van der Waals surface area contributed by atoms with Crippen molar-refractivity contribution in [2.75, 3.05) is 0 Å². The Morgan fingerprint density at radius 1 is 0.327 bits per heavy atom. The molecule has 2 aliphatic carbocycles. The SMILES string of the molecule is c1ccc(-c2ccc3c(c2)C2(c4ccccc4-3)c3ccccc3-c3ccc4ccccc4c32)c(-c2ccc3c(c2)-c2cccc4cccc(c24)S3)c1. The van der Waals surface area contributed by atoms with Crippen LogP contribution >= 0.6 is 11.8 Å². The first kappa shape index (κ1) is 28.5. The van der Waals surface area contributed by atoms with Crippen LogP contribution in [0.5, 0.6) is 0 Å². The van der Waals surface area contributed by atoms with Crippen LogP contribution in [0.4, 0.5) is 0 Å². The van der Waals surface area contributed by atoms with E-state index in [9.17, 15) is 0 Å². The maximum absolute atomic E-state index is 2.52. The van der Waals surface area contributed by atoms with Gasteiger partial charge >= 0.3 is 0 Å². The molecule has 0 aromatic heterocycles. The Balaban J connectivity index is 1.10. The third-order valence-corrected chi connectivity index (χ3v) is 13.0. The highest BCUT2D eigenvalue weighted by Gasteiger charge is 2.52. The molecule has 1 heterocycles. The predicted octanol–water partition coefficient (Wildman–Crippen LogP) is 13.8. The van der Waals surface area contributed by atoms with Crippen LogP contribution in [0.1, 0.15) is 22.3 Å². The minimum absolute atomic E-state index is 0.418. The Kier molecular flexibility index (Phi) is 5.73. The molecule has 9 aromatic rings. The van der Waals surface area contributed by atoms with E-state index in [4.69, 9.17) is 0 Å². The fraction of sp³-hybridized carbons (Fsp3) is 0.0196. The second-order valence-electron chi connectivity index (χ2n) is 14.3. The largest absolute Gasteiger partial charge is 0.0888 e. The molecule has 0 saturated carbocycles. The first-order chi connectivity index (χ1) is 25.8. The summed E-state index contributed by atoms with van der Waals surface area (Å²) in [7, 11) is 0. The van der Waals surface area contributed by atoms with E-state index in [0.717, 1.165) is 0 Å². The zero-order valence-corrected chi connectivity index (χ0v) is 29.0. The zero-order chi connectivity index (χ0) is 34.0. The van der Waals surface area contributed by atoms with Gasteiger partial charge in [0.2, 0.25) is 0 Å². The number of fused-ring (bicyclic) bond motifs is 14.